The molecule has 2 atom stereocenters. The normalized spacial score (nSPS) is 22.9. The summed E-state index contributed by atoms with van der Waals surface area (Å²) in [5.74, 6) is -1.24. The van der Waals surface area contributed by atoms with E-state index in [-0.39, 0.29) is 24.3 Å². The molecule has 1 saturated carbocycles. The molecule has 1 heterocycles. The van der Waals surface area contributed by atoms with Crippen LogP contribution < -0.4 is 11.1 Å². The molecule has 1 amide bonds. The van der Waals surface area contributed by atoms with Crippen molar-refractivity contribution >= 4 is 28.3 Å². The molecule has 6 nitrogen and oxygen atoms in total. The number of rotatable bonds is 4. The van der Waals surface area contributed by atoms with Gasteiger partial charge in [0.15, 0.2) is 5.13 Å². The SMILES string of the molecule is Nc1nc(CC(=O)N[C@H]2CC[C@@H](C(=O)O)C2)cs1. The highest BCUT2D eigenvalue weighted by Gasteiger charge is 2.30. The first-order valence-corrected chi connectivity index (χ1v) is 6.64. The van der Waals surface area contributed by atoms with E-state index in [9.17, 15) is 9.59 Å². The number of nitrogens with two attached hydrogens (primary N) is 1. The standard InChI is InChI=1S/C11H15N3O3S/c12-11-14-8(5-18-11)4-9(15)13-7-2-1-6(3-7)10(16)17/h5-7H,1-4H2,(H2,12,14)(H,13,15)(H,16,17)/t6-,7+/m1/s1. The van der Waals surface area contributed by atoms with Crippen LogP contribution in [0.15, 0.2) is 5.38 Å². The second-order valence-electron chi connectivity index (χ2n) is 4.47. The predicted molar refractivity (Wildman–Crippen MR) is 67.1 cm³/mol. The van der Waals surface area contributed by atoms with Crippen molar-refractivity contribution in [2.24, 2.45) is 5.92 Å². The Morgan fingerprint density at radius 2 is 2.33 bits per heavy atom. The first-order valence-electron chi connectivity index (χ1n) is 5.76. The minimum atomic E-state index is -0.779. The molecule has 0 unspecified atom stereocenters. The maximum atomic E-state index is 11.7. The predicted octanol–water partition coefficient (Wildman–Crippen LogP) is 0.637. The highest BCUT2D eigenvalue weighted by Crippen LogP contribution is 2.25. The van der Waals surface area contributed by atoms with Crippen molar-refractivity contribution in [1.29, 1.82) is 0 Å². The van der Waals surface area contributed by atoms with Gasteiger partial charge in [-0.1, -0.05) is 0 Å². The summed E-state index contributed by atoms with van der Waals surface area (Å²) >= 11 is 1.30. The lowest BCUT2D eigenvalue weighted by Crippen LogP contribution is -2.34. The van der Waals surface area contributed by atoms with Crippen LogP contribution in [0.25, 0.3) is 0 Å². The van der Waals surface area contributed by atoms with Gasteiger partial charge < -0.3 is 16.2 Å². The first-order chi connectivity index (χ1) is 8.54. The number of nitrogen functional groups attached to an aromatic ring is 1. The third kappa shape index (κ3) is 3.19. The fraction of sp³-hybridized carbons (Fsp3) is 0.545. The minimum absolute atomic E-state index is 0.0328. The molecule has 0 saturated heterocycles. The minimum Gasteiger partial charge on any atom is -0.481 e. The van der Waals surface area contributed by atoms with Crippen molar-refractivity contribution in [3.8, 4) is 0 Å². The molecule has 4 N–H and O–H groups in total. The maximum Gasteiger partial charge on any atom is 0.306 e. The Morgan fingerprint density at radius 3 is 2.89 bits per heavy atom. The Morgan fingerprint density at radius 1 is 1.56 bits per heavy atom. The summed E-state index contributed by atoms with van der Waals surface area (Å²) in [5.41, 5.74) is 6.14. The van der Waals surface area contributed by atoms with Gasteiger partial charge in [0.05, 0.1) is 18.0 Å². The number of amides is 1. The summed E-state index contributed by atoms with van der Waals surface area (Å²) in [6.45, 7) is 0. The van der Waals surface area contributed by atoms with Gasteiger partial charge in [0.1, 0.15) is 0 Å². The summed E-state index contributed by atoms with van der Waals surface area (Å²) in [4.78, 5) is 26.5. The number of carbonyl (C=O) groups excluding carboxylic acids is 1. The third-order valence-corrected chi connectivity index (χ3v) is 3.78. The van der Waals surface area contributed by atoms with Crippen LogP contribution in [0.5, 0.6) is 0 Å². The Hall–Kier alpha value is -1.63. The van der Waals surface area contributed by atoms with E-state index in [1.54, 1.807) is 5.38 Å². The molecule has 0 spiro atoms. The Bertz CT molecular complexity index is 460. The van der Waals surface area contributed by atoms with E-state index < -0.39 is 5.97 Å². The highest BCUT2D eigenvalue weighted by molar-refractivity contribution is 7.13. The van der Waals surface area contributed by atoms with E-state index in [2.05, 4.69) is 10.3 Å². The van der Waals surface area contributed by atoms with E-state index in [1.807, 2.05) is 0 Å². The third-order valence-electron chi connectivity index (χ3n) is 3.06. The van der Waals surface area contributed by atoms with Gasteiger partial charge in [0.25, 0.3) is 0 Å². The lowest BCUT2D eigenvalue weighted by Gasteiger charge is -2.11. The number of hydrogen-bond acceptors (Lipinski definition) is 5. The number of nitrogens with one attached hydrogen (secondary N) is 1. The molecule has 0 bridgehead atoms. The second-order valence-corrected chi connectivity index (χ2v) is 5.36. The van der Waals surface area contributed by atoms with Crippen molar-refractivity contribution in [3.05, 3.63) is 11.1 Å². The molecular weight excluding hydrogens is 254 g/mol. The summed E-state index contributed by atoms with van der Waals surface area (Å²) < 4.78 is 0. The van der Waals surface area contributed by atoms with E-state index in [0.717, 1.165) is 6.42 Å². The second kappa shape index (κ2) is 5.34. The van der Waals surface area contributed by atoms with Gasteiger partial charge in [-0.3, -0.25) is 9.59 Å². The molecule has 0 radical (unpaired) electrons. The topological polar surface area (TPSA) is 105 Å². The Labute approximate surface area is 108 Å². The molecule has 1 fully saturated rings. The molecule has 0 aromatic carbocycles. The van der Waals surface area contributed by atoms with E-state index in [4.69, 9.17) is 10.8 Å². The van der Waals surface area contributed by atoms with Crippen LogP contribution in [0.4, 0.5) is 5.13 Å². The first kappa shape index (κ1) is 12.8. The monoisotopic (exact) mass is 269 g/mol. The van der Waals surface area contributed by atoms with Crippen LogP contribution in [0.2, 0.25) is 0 Å². The van der Waals surface area contributed by atoms with Gasteiger partial charge >= 0.3 is 5.97 Å². The van der Waals surface area contributed by atoms with E-state index >= 15 is 0 Å². The number of thiazole rings is 1. The van der Waals surface area contributed by atoms with Crippen molar-refractivity contribution in [2.75, 3.05) is 5.73 Å². The van der Waals surface area contributed by atoms with Crippen molar-refractivity contribution in [2.45, 2.75) is 31.7 Å². The number of carboxylic acids is 1. The van der Waals surface area contributed by atoms with Gasteiger partial charge in [0.2, 0.25) is 5.91 Å². The van der Waals surface area contributed by atoms with E-state index in [1.165, 1.54) is 11.3 Å². The van der Waals surface area contributed by atoms with Crippen LogP contribution in [0.1, 0.15) is 25.0 Å². The largest absolute Gasteiger partial charge is 0.481 e. The van der Waals surface area contributed by atoms with Crippen LogP contribution >= 0.6 is 11.3 Å². The molecule has 1 aromatic rings. The molecular formula is C11H15N3O3S. The molecule has 18 heavy (non-hydrogen) atoms. The van der Waals surface area contributed by atoms with Crippen LogP contribution in [-0.4, -0.2) is 28.0 Å². The number of hydrogen-bond donors (Lipinski definition) is 3. The molecule has 0 aliphatic heterocycles. The zero-order valence-corrected chi connectivity index (χ0v) is 10.6. The molecule has 1 aliphatic rings. The number of carboxylic acid groups (broad SMARTS) is 1. The zero-order valence-electron chi connectivity index (χ0n) is 9.76. The Balaban J connectivity index is 1.80. The van der Waals surface area contributed by atoms with Crippen LogP contribution in [0.3, 0.4) is 0 Å². The number of aliphatic carboxylic acids is 1. The number of aromatic nitrogens is 1. The highest BCUT2D eigenvalue weighted by atomic mass is 32.1. The molecule has 7 heteroatoms. The smallest absolute Gasteiger partial charge is 0.306 e. The average Bonchev–Trinajstić information content (AvgIpc) is 2.88. The van der Waals surface area contributed by atoms with Crippen LogP contribution in [0, 0.1) is 5.92 Å². The van der Waals surface area contributed by atoms with E-state index in [0.29, 0.717) is 23.7 Å². The number of anilines is 1. The molecule has 98 valence electrons. The maximum absolute atomic E-state index is 11.7. The molecule has 1 aromatic heterocycles. The molecule has 1 aliphatic carbocycles. The molecule has 2 rings (SSSR count). The number of carbonyl (C=O) groups is 2. The lowest BCUT2D eigenvalue weighted by molar-refractivity contribution is -0.141. The summed E-state index contributed by atoms with van der Waals surface area (Å²) in [6, 6.07) is -0.0328. The Kier molecular flexibility index (Phi) is 3.81. The summed E-state index contributed by atoms with van der Waals surface area (Å²) in [7, 11) is 0. The van der Waals surface area contributed by atoms with Gasteiger partial charge in [-0.2, -0.15) is 0 Å². The quantitative estimate of drug-likeness (QED) is 0.743. The van der Waals surface area contributed by atoms with Gasteiger partial charge in [0, 0.05) is 11.4 Å². The van der Waals surface area contributed by atoms with Crippen molar-refractivity contribution < 1.29 is 14.7 Å². The zero-order chi connectivity index (χ0) is 13.1. The summed E-state index contributed by atoms with van der Waals surface area (Å²) in [5, 5.41) is 13.9. The fourth-order valence-electron chi connectivity index (χ4n) is 2.18. The van der Waals surface area contributed by atoms with Gasteiger partial charge in [-0.25, -0.2) is 4.98 Å². The van der Waals surface area contributed by atoms with Crippen LogP contribution in [-0.2, 0) is 16.0 Å². The fourth-order valence-corrected chi connectivity index (χ4v) is 2.75. The van der Waals surface area contributed by atoms with Crippen molar-refractivity contribution in [3.63, 3.8) is 0 Å². The number of nitrogens with zero attached hydrogens (tertiary/aromatic N) is 1. The van der Waals surface area contributed by atoms with Crippen molar-refractivity contribution in [1.82, 2.24) is 10.3 Å². The van der Waals surface area contributed by atoms with Gasteiger partial charge in [-0.15, -0.1) is 11.3 Å². The summed E-state index contributed by atoms with van der Waals surface area (Å²) in [6.07, 6.45) is 2.06. The lowest BCUT2D eigenvalue weighted by atomic mass is 10.1. The van der Waals surface area contributed by atoms with Gasteiger partial charge in [-0.05, 0) is 19.3 Å². The average molecular weight is 269 g/mol.